The third-order valence-corrected chi connectivity index (χ3v) is 3.29. The number of ether oxygens (including phenoxy) is 1. The lowest BCUT2D eigenvalue weighted by atomic mass is 10.2. The van der Waals surface area contributed by atoms with Crippen molar-refractivity contribution >= 4 is 15.7 Å². The number of hydrogen-bond acceptors (Lipinski definition) is 5. The van der Waals surface area contributed by atoms with Crippen molar-refractivity contribution in [3.63, 3.8) is 0 Å². The van der Waals surface area contributed by atoms with Crippen molar-refractivity contribution in [3.8, 4) is 0 Å². The Morgan fingerprint density at radius 2 is 2.31 bits per heavy atom. The van der Waals surface area contributed by atoms with E-state index in [1.54, 1.807) is 6.92 Å². The molecule has 0 saturated carbocycles. The van der Waals surface area contributed by atoms with Crippen LogP contribution < -0.4 is 10.6 Å². The molecule has 0 aromatic rings. The molecule has 16 heavy (non-hydrogen) atoms. The lowest BCUT2D eigenvalue weighted by Crippen LogP contribution is -2.53. The van der Waals surface area contributed by atoms with Gasteiger partial charge in [-0.2, -0.15) is 0 Å². The molecular weight excluding hydrogens is 232 g/mol. The maximum absolute atomic E-state index is 11.6. The standard InChI is InChI=1S/C9H18N2O4S/c1-7(6-16(2,13)14)11-9(12)8-5-15-4-3-10-8/h7-8,10H,3-6H2,1-2H3,(H,11,12). The van der Waals surface area contributed by atoms with E-state index in [0.717, 1.165) is 6.26 Å². The molecule has 7 heteroatoms. The Morgan fingerprint density at radius 3 is 2.81 bits per heavy atom. The molecule has 2 N–H and O–H groups in total. The fourth-order valence-corrected chi connectivity index (χ4v) is 2.56. The summed E-state index contributed by atoms with van der Waals surface area (Å²) in [5, 5.41) is 5.65. The van der Waals surface area contributed by atoms with Gasteiger partial charge in [0, 0.05) is 18.8 Å². The molecule has 0 aromatic carbocycles. The summed E-state index contributed by atoms with van der Waals surface area (Å²) in [5.41, 5.74) is 0. The number of sulfone groups is 1. The van der Waals surface area contributed by atoms with Gasteiger partial charge in [0.05, 0.1) is 19.0 Å². The van der Waals surface area contributed by atoms with E-state index in [9.17, 15) is 13.2 Å². The minimum absolute atomic E-state index is 0.0493. The maximum Gasteiger partial charge on any atom is 0.239 e. The van der Waals surface area contributed by atoms with Crippen molar-refractivity contribution in [2.45, 2.75) is 19.0 Å². The van der Waals surface area contributed by atoms with Crippen molar-refractivity contribution in [1.82, 2.24) is 10.6 Å². The van der Waals surface area contributed by atoms with Crippen LogP contribution in [-0.4, -0.2) is 58.2 Å². The van der Waals surface area contributed by atoms with Gasteiger partial charge in [-0.15, -0.1) is 0 Å². The summed E-state index contributed by atoms with van der Waals surface area (Å²) >= 11 is 0. The van der Waals surface area contributed by atoms with Crippen LogP contribution in [0.1, 0.15) is 6.92 Å². The van der Waals surface area contributed by atoms with Crippen LogP contribution >= 0.6 is 0 Å². The highest BCUT2D eigenvalue weighted by Crippen LogP contribution is 1.96. The quantitative estimate of drug-likeness (QED) is 0.636. The second kappa shape index (κ2) is 5.60. The van der Waals surface area contributed by atoms with Gasteiger partial charge in [-0.1, -0.05) is 0 Å². The van der Waals surface area contributed by atoms with Gasteiger partial charge in [-0.3, -0.25) is 4.79 Å². The van der Waals surface area contributed by atoms with Crippen LogP contribution in [0.5, 0.6) is 0 Å². The summed E-state index contributed by atoms with van der Waals surface area (Å²) in [7, 11) is -3.07. The van der Waals surface area contributed by atoms with E-state index < -0.39 is 9.84 Å². The molecule has 0 spiro atoms. The first-order valence-electron chi connectivity index (χ1n) is 5.18. The van der Waals surface area contributed by atoms with Gasteiger partial charge >= 0.3 is 0 Å². The number of carbonyl (C=O) groups excluding carboxylic acids is 1. The molecule has 2 atom stereocenters. The van der Waals surface area contributed by atoms with Gasteiger partial charge in [0.15, 0.2) is 0 Å². The Bertz CT molecular complexity index is 335. The van der Waals surface area contributed by atoms with Crippen LogP contribution in [0.2, 0.25) is 0 Å². The highest BCUT2D eigenvalue weighted by Gasteiger charge is 2.23. The van der Waals surface area contributed by atoms with Gasteiger partial charge in [-0.25, -0.2) is 8.42 Å². The molecule has 2 unspecified atom stereocenters. The second-order valence-electron chi connectivity index (χ2n) is 4.08. The average Bonchev–Trinajstić information content (AvgIpc) is 2.16. The number of morpholine rings is 1. The van der Waals surface area contributed by atoms with E-state index in [1.165, 1.54) is 0 Å². The number of nitrogens with one attached hydrogen (secondary N) is 2. The molecular formula is C9H18N2O4S. The van der Waals surface area contributed by atoms with Gasteiger partial charge in [0.1, 0.15) is 15.9 Å². The number of carbonyl (C=O) groups is 1. The van der Waals surface area contributed by atoms with Gasteiger partial charge < -0.3 is 15.4 Å². The van der Waals surface area contributed by atoms with Crippen LogP contribution in [0, 0.1) is 0 Å². The molecule has 0 bridgehead atoms. The zero-order chi connectivity index (χ0) is 12.2. The van der Waals surface area contributed by atoms with Crippen LogP contribution in [0.15, 0.2) is 0 Å². The Kier molecular flexibility index (Phi) is 4.69. The lowest BCUT2D eigenvalue weighted by Gasteiger charge is -2.24. The molecule has 1 heterocycles. The topological polar surface area (TPSA) is 84.5 Å². The highest BCUT2D eigenvalue weighted by atomic mass is 32.2. The van der Waals surface area contributed by atoms with Crippen LogP contribution in [-0.2, 0) is 19.4 Å². The summed E-state index contributed by atoms with van der Waals surface area (Å²) in [5.74, 6) is -0.261. The lowest BCUT2D eigenvalue weighted by molar-refractivity contribution is -0.126. The molecule has 1 amide bonds. The minimum Gasteiger partial charge on any atom is -0.378 e. The third-order valence-electron chi connectivity index (χ3n) is 2.18. The van der Waals surface area contributed by atoms with Crippen molar-refractivity contribution in [2.24, 2.45) is 0 Å². The largest absolute Gasteiger partial charge is 0.378 e. The Morgan fingerprint density at radius 1 is 1.62 bits per heavy atom. The molecule has 0 aliphatic carbocycles. The zero-order valence-corrected chi connectivity index (χ0v) is 10.3. The summed E-state index contributed by atoms with van der Waals surface area (Å²) in [4.78, 5) is 11.6. The first kappa shape index (κ1) is 13.4. The summed E-state index contributed by atoms with van der Waals surface area (Å²) in [6.07, 6.45) is 1.15. The van der Waals surface area contributed by atoms with Gasteiger partial charge in [0.2, 0.25) is 5.91 Å². The van der Waals surface area contributed by atoms with E-state index >= 15 is 0 Å². The van der Waals surface area contributed by atoms with Crippen LogP contribution in [0.3, 0.4) is 0 Å². The Hall–Kier alpha value is -0.660. The maximum atomic E-state index is 11.6. The molecule has 0 aromatic heterocycles. The van der Waals surface area contributed by atoms with Crippen LogP contribution in [0.25, 0.3) is 0 Å². The van der Waals surface area contributed by atoms with Crippen molar-refractivity contribution in [3.05, 3.63) is 0 Å². The van der Waals surface area contributed by atoms with Crippen LogP contribution in [0.4, 0.5) is 0 Å². The molecule has 94 valence electrons. The molecule has 1 aliphatic heterocycles. The summed E-state index contributed by atoms with van der Waals surface area (Å²) < 4.78 is 27.2. The first-order valence-corrected chi connectivity index (χ1v) is 7.24. The molecule has 0 radical (unpaired) electrons. The molecule has 1 aliphatic rings. The Labute approximate surface area is 95.7 Å². The van der Waals surface area contributed by atoms with Gasteiger partial charge in [0.25, 0.3) is 0 Å². The molecule has 6 nitrogen and oxygen atoms in total. The number of amides is 1. The fraction of sp³-hybridized carbons (Fsp3) is 0.889. The average molecular weight is 250 g/mol. The van der Waals surface area contributed by atoms with E-state index in [0.29, 0.717) is 19.8 Å². The van der Waals surface area contributed by atoms with Crippen molar-refractivity contribution < 1.29 is 17.9 Å². The Balaban J connectivity index is 2.38. The summed E-state index contributed by atoms with van der Waals surface area (Å²) in [6, 6.07) is -0.762. The molecule has 1 rings (SSSR count). The normalized spacial score (nSPS) is 23.8. The zero-order valence-electron chi connectivity index (χ0n) is 9.52. The fourth-order valence-electron chi connectivity index (χ4n) is 1.57. The third kappa shape index (κ3) is 4.91. The van der Waals surface area contributed by atoms with Gasteiger partial charge in [-0.05, 0) is 6.92 Å². The summed E-state index contributed by atoms with van der Waals surface area (Å²) in [6.45, 7) is 3.24. The van der Waals surface area contributed by atoms with Crippen molar-refractivity contribution in [2.75, 3.05) is 31.8 Å². The SMILES string of the molecule is CC(CS(C)(=O)=O)NC(=O)C1COCCN1. The number of hydrogen-bond donors (Lipinski definition) is 2. The predicted octanol–water partition coefficient (Wildman–Crippen LogP) is -1.48. The number of rotatable bonds is 4. The smallest absolute Gasteiger partial charge is 0.239 e. The molecule has 1 saturated heterocycles. The molecule has 1 fully saturated rings. The highest BCUT2D eigenvalue weighted by molar-refractivity contribution is 7.90. The van der Waals surface area contributed by atoms with E-state index in [4.69, 9.17) is 4.74 Å². The minimum atomic E-state index is -3.07. The van der Waals surface area contributed by atoms with E-state index in [1.807, 2.05) is 0 Å². The predicted molar refractivity (Wildman–Crippen MR) is 59.9 cm³/mol. The van der Waals surface area contributed by atoms with E-state index in [-0.39, 0.29) is 23.7 Å². The second-order valence-corrected chi connectivity index (χ2v) is 6.27. The first-order chi connectivity index (χ1) is 7.38. The van der Waals surface area contributed by atoms with Crippen molar-refractivity contribution in [1.29, 1.82) is 0 Å². The van der Waals surface area contributed by atoms with E-state index in [2.05, 4.69) is 10.6 Å². The monoisotopic (exact) mass is 250 g/mol.